The van der Waals surface area contributed by atoms with Crippen molar-refractivity contribution in [3.63, 3.8) is 0 Å². The second kappa shape index (κ2) is 9.75. The fraction of sp³-hybridized carbons (Fsp3) is 0.963. The maximum atomic E-state index is 11.7. The highest BCUT2D eigenvalue weighted by Crippen LogP contribution is 2.68. The number of aliphatic hydroxyl groups is 2. The number of methoxy groups -OCH3 is 1. The second-order valence-corrected chi connectivity index (χ2v) is 12.2. The molecule has 6 nitrogen and oxygen atoms in total. The Balaban J connectivity index is 1.52. The zero-order valence-corrected chi connectivity index (χ0v) is 21.2. The largest absolute Gasteiger partial charge is 0.469 e. The van der Waals surface area contributed by atoms with Crippen molar-refractivity contribution in [2.24, 2.45) is 52.1 Å². The van der Waals surface area contributed by atoms with Crippen molar-refractivity contribution in [2.75, 3.05) is 20.3 Å². The van der Waals surface area contributed by atoms with Crippen molar-refractivity contribution in [1.82, 2.24) is 0 Å². The van der Waals surface area contributed by atoms with Crippen LogP contribution < -0.4 is 5.73 Å². The summed E-state index contributed by atoms with van der Waals surface area (Å²) in [5.41, 5.74) is 5.61. The summed E-state index contributed by atoms with van der Waals surface area (Å²) in [5.74, 6) is 1.98. The summed E-state index contributed by atoms with van der Waals surface area (Å²) in [6.07, 6.45) is 7.78. The highest BCUT2D eigenvalue weighted by Gasteiger charge is 2.65. The van der Waals surface area contributed by atoms with E-state index in [1.807, 2.05) is 0 Å². The average Bonchev–Trinajstić information content (AvgIpc) is 3.15. The molecule has 4 fully saturated rings. The summed E-state index contributed by atoms with van der Waals surface area (Å²) >= 11 is 0. The SMILES string of the molecule is COC(=O)CC[C@@H](C)[C@H]1CC[C@H]2[C@@H]3[C@H](O)C[C@@H]4C[C@H](OCCN)CC[C@]4(C)[C@H]3C[C@H](O)[C@]12C. The minimum absolute atomic E-state index is 0.154. The van der Waals surface area contributed by atoms with Gasteiger partial charge in [-0.05, 0) is 97.7 Å². The van der Waals surface area contributed by atoms with E-state index in [1.54, 1.807) is 0 Å². The first kappa shape index (κ1) is 25.4. The predicted molar refractivity (Wildman–Crippen MR) is 127 cm³/mol. The number of nitrogens with two attached hydrogens (primary N) is 1. The maximum Gasteiger partial charge on any atom is 0.305 e. The van der Waals surface area contributed by atoms with Gasteiger partial charge in [-0.2, -0.15) is 0 Å². The molecule has 6 heteroatoms. The van der Waals surface area contributed by atoms with Crippen molar-refractivity contribution >= 4 is 5.97 Å². The van der Waals surface area contributed by atoms with Crippen LogP contribution in [0.4, 0.5) is 0 Å². The van der Waals surface area contributed by atoms with Gasteiger partial charge in [-0.15, -0.1) is 0 Å². The van der Waals surface area contributed by atoms with Crippen LogP contribution in [-0.2, 0) is 14.3 Å². The Bertz CT molecular complexity index is 702. The van der Waals surface area contributed by atoms with Gasteiger partial charge in [0.15, 0.2) is 0 Å². The Kier molecular flexibility index (Phi) is 7.51. The molecule has 4 aliphatic rings. The van der Waals surface area contributed by atoms with E-state index < -0.39 is 0 Å². The Morgan fingerprint density at radius 1 is 1.12 bits per heavy atom. The molecule has 0 saturated heterocycles. The lowest BCUT2D eigenvalue weighted by Gasteiger charge is -2.63. The first-order valence-corrected chi connectivity index (χ1v) is 13.4. The lowest BCUT2D eigenvalue weighted by Crippen LogP contribution is -2.62. The minimum Gasteiger partial charge on any atom is -0.469 e. The summed E-state index contributed by atoms with van der Waals surface area (Å²) in [6.45, 7) is 8.11. The van der Waals surface area contributed by atoms with Gasteiger partial charge in [0.1, 0.15) is 0 Å². The molecule has 4 N–H and O–H groups in total. The van der Waals surface area contributed by atoms with Crippen LogP contribution in [0, 0.1) is 46.3 Å². The number of hydrogen-bond acceptors (Lipinski definition) is 6. The van der Waals surface area contributed by atoms with E-state index in [-0.39, 0.29) is 41.0 Å². The number of esters is 1. The Morgan fingerprint density at radius 3 is 2.58 bits per heavy atom. The van der Waals surface area contributed by atoms with Crippen LogP contribution >= 0.6 is 0 Å². The molecule has 11 atom stereocenters. The van der Waals surface area contributed by atoms with Crippen molar-refractivity contribution < 1.29 is 24.5 Å². The molecule has 190 valence electrons. The molecule has 0 radical (unpaired) electrons. The van der Waals surface area contributed by atoms with Crippen LogP contribution in [-0.4, -0.2) is 54.8 Å². The molecule has 33 heavy (non-hydrogen) atoms. The van der Waals surface area contributed by atoms with E-state index in [0.717, 1.165) is 51.4 Å². The number of ether oxygens (including phenoxy) is 2. The van der Waals surface area contributed by atoms with Crippen molar-refractivity contribution in [3.05, 3.63) is 0 Å². The fourth-order valence-electron chi connectivity index (χ4n) is 9.15. The monoisotopic (exact) mass is 465 g/mol. The zero-order chi connectivity index (χ0) is 24.0. The molecule has 0 amide bonds. The zero-order valence-electron chi connectivity index (χ0n) is 21.2. The summed E-state index contributed by atoms with van der Waals surface area (Å²) in [4.78, 5) is 11.7. The van der Waals surface area contributed by atoms with Crippen molar-refractivity contribution in [2.45, 2.75) is 96.9 Å². The van der Waals surface area contributed by atoms with E-state index in [9.17, 15) is 15.0 Å². The van der Waals surface area contributed by atoms with Crippen molar-refractivity contribution in [3.8, 4) is 0 Å². The van der Waals surface area contributed by atoms with Gasteiger partial charge in [0, 0.05) is 13.0 Å². The number of carbonyl (C=O) groups is 1. The van der Waals surface area contributed by atoms with Crippen LogP contribution in [0.25, 0.3) is 0 Å². The summed E-state index contributed by atoms with van der Waals surface area (Å²) in [7, 11) is 1.45. The number of rotatable bonds is 7. The predicted octanol–water partition coefficient (Wildman–Crippen LogP) is 3.52. The van der Waals surface area contributed by atoms with Crippen molar-refractivity contribution in [1.29, 1.82) is 0 Å². The molecule has 0 spiro atoms. The molecule has 0 aromatic rings. The molecule has 0 unspecified atom stereocenters. The lowest BCUT2D eigenvalue weighted by molar-refractivity contribution is -0.209. The average molecular weight is 466 g/mol. The number of fused-ring (bicyclic) bond motifs is 5. The van der Waals surface area contributed by atoms with Gasteiger partial charge in [0.05, 0.1) is 32.0 Å². The summed E-state index contributed by atoms with van der Waals surface area (Å²) in [5, 5.41) is 23.2. The Labute approximate surface area is 200 Å². The van der Waals surface area contributed by atoms with Gasteiger partial charge in [0.25, 0.3) is 0 Å². The third-order valence-corrected chi connectivity index (χ3v) is 11.0. The molecule has 4 rings (SSSR count). The van der Waals surface area contributed by atoms with E-state index in [2.05, 4.69) is 20.8 Å². The maximum absolute atomic E-state index is 11.7. The van der Waals surface area contributed by atoms with Gasteiger partial charge in [-0.25, -0.2) is 0 Å². The van der Waals surface area contributed by atoms with Gasteiger partial charge in [-0.3, -0.25) is 4.79 Å². The standard InChI is InChI=1S/C27H47NO5/c1-16(5-8-24(31)32-4)19-6-7-20-25-21(15-23(30)27(19,20)3)26(2)10-9-18(33-12-11-28)13-17(26)14-22(25)29/h16-23,25,29-30H,5-15,28H2,1-4H3/t16-,17+,18-,19-,20+,21+,22-,23+,25+,26+,27-/m1/s1. The Morgan fingerprint density at radius 2 is 1.88 bits per heavy atom. The molecule has 0 aromatic carbocycles. The van der Waals surface area contributed by atoms with Crippen LogP contribution in [0.3, 0.4) is 0 Å². The van der Waals surface area contributed by atoms with Gasteiger partial charge in [0.2, 0.25) is 0 Å². The molecule has 4 aliphatic carbocycles. The summed E-state index contributed by atoms with van der Waals surface area (Å²) in [6, 6.07) is 0. The van der Waals surface area contributed by atoms with E-state index in [0.29, 0.717) is 49.2 Å². The highest BCUT2D eigenvalue weighted by atomic mass is 16.5. The van der Waals surface area contributed by atoms with Crippen LogP contribution in [0.2, 0.25) is 0 Å². The van der Waals surface area contributed by atoms with Crippen LogP contribution in [0.5, 0.6) is 0 Å². The smallest absolute Gasteiger partial charge is 0.305 e. The molecule has 0 aromatic heterocycles. The van der Waals surface area contributed by atoms with Crippen LogP contribution in [0.15, 0.2) is 0 Å². The molecular formula is C27H47NO5. The first-order valence-electron chi connectivity index (χ1n) is 13.4. The number of hydrogen-bond donors (Lipinski definition) is 3. The molecular weight excluding hydrogens is 418 g/mol. The van der Waals surface area contributed by atoms with E-state index in [4.69, 9.17) is 15.2 Å². The van der Waals surface area contributed by atoms with E-state index >= 15 is 0 Å². The number of aliphatic hydroxyl groups excluding tert-OH is 2. The highest BCUT2D eigenvalue weighted by molar-refractivity contribution is 5.69. The molecule has 0 bridgehead atoms. The summed E-state index contributed by atoms with van der Waals surface area (Å²) < 4.78 is 10.9. The molecule has 0 aliphatic heterocycles. The van der Waals surface area contributed by atoms with Gasteiger partial charge >= 0.3 is 5.97 Å². The fourth-order valence-corrected chi connectivity index (χ4v) is 9.15. The van der Waals surface area contributed by atoms with Crippen LogP contribution in [0.1, 0.15) is 78.6 Å². The Hall–Kier alpha value is -0.690. The number of carbonyl (C=O) groups excluding carboxylic acids is 1. The topological polar surface area (TPSA) is 102 Å². The molecule has 0 heterocycles. The third-order valence-electron chi connectivity index (χ3n) is 11.0. The van der Waals surface area contributed by atoms with E-state index in [1.165, 1.54) is 7.11 Å². The van der Waals surface area contributed by atoms with Gasteiger partial charge < -0.3 is 25.4 Å². The third kappa shape index (κ3) is 4.28. The molecule has 4 saturated carbocycles. The first-order chi connectivity index (χ1) is 15.7. The quantitative estimate of drug-likeness (QED) is 0.497. The normalized spacial score (nSPS) is 47.8. The minimum atomic E-state index is -0.356. The second-order valence-electron chi connectivity index (χ2n) is 12.2. The lowest BCUT2D eigenvalue weighted by atomic mass is 9.43. The van der Waals surface area contributed by atoms with Gasteiger partial charge in [-0.1, -0.05) is 20.8 Å².